The van der Waals surface area contributed by atoms with Crippen LogP contribution in [0.15, 0.2) is 52.7 Å². The number of furan rings is 1. The lowest BCUT2D eigenvalue weighted by atomic mass is 9.99. The second-order valence-corrected chi connectivity index (χ2v) is 7.41. The molecule has 3 rings (SSSR count). The van der Waals surface area contributed by atoms with E-state index in [9.17, 15) is 14.7 Å². The summed E-state index contributed by atoms with van der Waals surface area (Å²) in [4.78, 5) is 29.5. The molecular formula is C24H30N2O5. The van der Waals surface area contributed by atoms with Gasteiger partial charge in [0.15, 0.2) is 0 Å². The zero-order valence-electron chi connectivity index (χ0n) is 18.3. The van der Waals surface area contributed by atoms with Crippen molar-refractivity contribution < 1.29 is 23.8 Å². The number of carbonyl (C=O) groups excluding carboxylic acids is 2. The summed E-state index contributed by atoms with van der Waals surface area (Å²) in [6, 6.07) is 9.56. The quantitative estimate of drug-likeness (QED) is 0.353. The molecule has 1 N–H and O–H groups in total. The molecule has 1 aliphatic rings. The van der Waals surface area contributed by atoms with Crippen LogP contribution in [0.5, 0.6) is 5.75 Å². The number of ether oxygens (including phenoxy) is 1. The van der Waals surface area contributed by atoms with E-state index in [1.807, 2.05) is 6.92 Å². The molecule has 1 amide bonds. The van der Waals surface area contributed by atoms with Gasteiger partial charge in [-0.3, -0.25) is 9.59 Å². The fraction of sp³-hybridized carbons (Fsp3) is 0.417. The van der Waals surface area contributed by atoms with Crippen LogP contribution in [-0.4, -0.2) is 59.4 Å². The van der Waals surface area contributed by atoms with Gasteiger partial charge in [-0.1, -0.05) is 32.9 Å². The average Bonchev–Trinajstić information content (AvgIpc) is 3.40. The number of rotatable bonds is 10. The van der Waals surface area contributed by atoms with Crippen molar-refractivity contribution in [2.75, 3.05) is 32.8 Å². The summed E-state index contributed by atoms with van der Waals surface area (Å²) in [5, 5.41) is 11.1. The minimum Gasteiger partial charge on any atom is -0.507 e. The molecule has 1 aromatic heterocycles. The van der Waals surface area contributed by atoms with Crippen molar-refractivity contribution in [3.8, 4) is 5.75 Å². The van der Waals surface area contributed by atoms with Gasteiger partial charge in [-0.25, -0.2) is 0 Å². The highest BCUT2D eigenvalue weighted by Gasteiger charge is 2.47. The van der Waals surface area contributed by atoms with E-state index in [2.05, 4.69) is 18.7 Å². The van der Waals surface area contributed by atoms with Gasteiger partial charge < -0.3 is 24.1 Å². The van der Waals surface area contributed by atoms with Crippen molar-refractivity contribution >= 4 is 17.4 Å². The smallest absolute Gasteiger partial charge is 0.295 e. The standard InChI is InChI=1S/C24H30N2O5/c1-4-14-30-18-10-7-9-17(16-18)22(27)20-21(19-11-8-15-31-19)26(24(29)23(20)28)13-12-25(5-2)6-3/h7-11,15-16,21,27H,4-6,12-14H2,1-3H3/b22-20-. The number of hydrogen-bond acceptors (Lipinski definition) is 6. The topological polar surface area (TPSA) is 83.2 Å². The zero-order chi connectivity index (χ0) is 22.4. The molecule has 7 heteroatoms. The van der Waals surface area contributed by atoms with E-state index < -0.39 is 17.7 Å². The Morgan fingerprint density at radius 2 is 1.94 bits per heavy atom. The third-order valence-corrected chi connectivity index (χ3v) is 5.48. The van der Waals surface area contributed by atoms with Crippen LogP contribution >= 0.6 is 0 Å². The molecule has 7 nitrogen and oxygen atoms in total. The number of amides is 1. The minimum atomic E-state index is -0.772. The van der Waals surface area contributed by atoms with Gasteiger partial charge in [-0.15, -0.1) is 0 Å². The molecule has 1 aromatic carbocycles. The molecule has 1 fully saturated rings. The molecule has 0 saturated carbocycles. The van der Waals surface area contributed by atoms with Crippen LogP contribution in [0.25, 0.3) is 5.76 Å². The molecule has 2 aromatic rings. The van der Waals surface area contributed by atoms with Gasteiger partial charge in [0.25, 0.3) is 11.7 Å². The number of hydrogen-bond donors (Lipinski definition) is 1. The van der Waals surface area contributed by atoms with Crippen molar-refractivity contribution in [2.45, 2.75) is 33.2 Å². The van der Waals surface area contributed by atoms with Gasteiger partial charge in [0, 0.05) is 18.7 Å². The molecule has 1 saturated heterocycles. The number of ketones is 1. The van der Waals surface area contributed by atoms with E-state index in [0.717, 1.165) is 19.5 Å². The van der Waals surface area contributed by atoms with E-state index in [1.54, 1.807) is 36.4 Å². The second-order valence-electron chi connectivity index (χ2n) is 7.41. The lowest BCUT2D eigenvalue weighted by molar-refractivity contribution is -0.140. The number of nitrogens with zero attached hydrogens (tertiary/aromatic N) is 2. The van der Waals surface area contributed by atoms with Crippen LogP contribution < -0.4 is 4.74 Å². The highest BCUT2D eigenvalue weighted by molar-refractivity contribution is 6.46. The molecule has 0 aliphatic carbocycles. The molecule has 1 aliphatic heterocycles. The van der Waals surface area contributed by atoms with Crippen molar-refractivity contribution in [3.63, 3.8) is 0 Å². The number of benzene rings is 1. The van der Waals surface area contributed by atoms with Gasteiger partial charge in [-0.05, 0) is 43.8 Å². The molecule has 0 spiro atoms. The Morgan fingerprint density at radius 3 is 2.58 bits per heavy atom. The normalized spacial score (nSPS) is 18.2. The molecular weight excluding hydrogens is 396 g/mol. The number of aliphatic hydroxyl groups excluding tert-OH is 1. The summed E-state index contributed by atoms with van der Waals surface area (Å²) in [5.74, 6) is -0.534. The first-order chi connectivity index (χ1) is 15.0. The summed E-state index contributed by atoms with van der Waals surface area (Å²) < 4.78 is 11.2. The first kappa shape index (κ1) is 22.6. The lowest BCUT2D eigenvalue weighted by Gasteiger charge is -2.26. The minimum absolute atomic E-state index is 0.0344. The number of aliphatic hydroxyl groups is 1. The SMILES string of the molecule is CCCOc1cccc(/C(O)=C2/C(=O)C(=O)N(CCN(CC)CC)C2c2ccco2)c1. The predicted octanol–water partition coefficient (Wildman–Crippen LogP) is 3.83. The fourth-order valence-corrected chi connectivity index (χ4v) is 3.75. The molecule has 0 bridgehead atoms. The molecule has 1 unspecified atom stereocenters. The highest BCUT2D eigenvalue weighted by atomic mass is 16.5. The van der Waals surface area contributed by atoms with E-state index in [1.165, 1.54) is 11.2 Å². The summed E-state index contributed by atoms with van der Waals surface area (Å²) in [6.45, 7) is 9.32. The van der Waals surface area contributed by atoms with Crippen molar-refractivity contribution in [1.82, 2.24) is 9.80 Å². The van der Waals surface area contributed by atoms with Gasteiger partial charge in [0.1, 0.15) is 23.3 Å². The Morgan fingerprint density at radius 1 is 1.16 bits per heavy atom. The first-order valence-electron chi connectivity index (χ1n) is 10.8. The van der Waals surface area contributed by atoms with Crippen LogP contribution in [0.1, 0.15) is 44.6 Å². The lowest BCUT2D eigenvalue weighted by Crippen LogP contribution is -2.37. The summed E-state index contributed by atoms with van der Waals surface area (Å²) in [6.07, 6.45) is 2.35. The average molecular weight is 427 g/mol. The zero-order valence-corrected chi connectivity index (χ0v) is 18.3. The number of likely N-dealkylation sites (tertiary alicyclic amines) is 1. The van der Waals surface area contributed by atoms with Gasteiger partial charge >= 0.3 is 0 Å². The predicted molar refractivity (Wildman–Crippen MR) is 118 cm³/mol. The van der Waals surface area contributed by atoms with Gasteiger partial charge in [0.05, 0.1) is 18.4 Å². The fourth-order valence-electron chi connectivity index (χ4n) is 3.75. The highest BCUT2D eigenvalue weighted by Crippen LogP contribution is 2.39. The summed E-state index contributed by atoms with van der Waals surface area (Å²) in [7, 11) is 0. The Hall–Kier alpha value is -3.06. The molecule has 166 valence electrons. The van der Waals surface area contributed by atoms with Crippen LogP contribution in [0.4, 0.5) is 0 Å². The van der Waals surface area contributed by atoms with Crippen LogP contribution in [0.2, 0.25) is 0 Å². The Kier molecular flexibility index (Phi) is 7.52. The molecule has 2 heterocycles. The first-order valence-corrected chi connectivity index (χ1v) is 10.8. The maximum absolute atomic E-state index is 13.0. The van der Waals surface area contributed by atoms with E-state index in [4.69, 9.17) is 9.15 Å². The monoisotopic (exact) mass is 426 g/mol. The van der Waals surface area contributed by atoms with E-state index in [0.29, 0.717) is 36.8 Å². The van der Waals surface area contributed by atoms with Gasteiger partial charge in [0.2, 0.25) is 0 Å². The van der Waals surface area contributed by atoms with Crippen LogP contribution in [-0.2, 0) is 9.59 Å². The van der Waals surface area contributed by atoms with Crippen molar-refractivity contribution in [1.29, 1.82) is 0 Å². The maximum Gasteiger partial charge on any atom is 0.295 e. The Bertz CT molecular complexity index is 931. The van der Waals surface area contributed by atoms with Crippen molar-refractivity contribution in [3.05, 3.63) is 59.6 Å². The Balaban J connectivity index is 2.01. The second kappa shape index (κ2) is 10.3. The molecule has 0 radical (unpaired) electrons. The third-order valence-electron chi connectivity index (χ3n) is 5.48. The summed E-state index contributed by atoms with van der Waals surface area (Å²) >= 11 is 0. The molecule has 1 atom stereocenters. The van der Waals surface area contributed by atoms with Gasteiger partial charge in [-0.2, -0.15) is 0 Å². The number of carbonyl (C=O) groups is 2. The number of likely N-dealkylation sites (N-methyl/N-ethyl adjacent to an activating group) is 1. The van der Waals surface area contributed by atoms with Crippen LogP contribution in [0.3, 0.4) is 0 Å². The largest absolute Gasteiger partial charge is 0.507 e. The Labute approximate surface area is 182 Å². The van der Waals surface area contributed by atoms with E-state index >= 15 is 0 Å². The van der Waals surface area contributed by atoms with Crippen molar-refractivity contribution in [2.24, 2.45) is 0 Å². The molecule has 31 heavy (non-hydrogen) atoms. The summed E-state index contributed by atoms with van der Waals surface area (Å²) in [5.41, 5.74) is 0.457. The number of Topliss-reactive ketones (excluding diaryl/α,β-unsaturated/α-hetero) is 1. The maximum atomic E-state index is 13.0. The van der Waals surface area contributed by atoms with E-state index in [-0.39, 0.29) is 11.3 Å². The third kappa shape index (κ3) is 4.82. The van der Waals surface area contributed by atoms with Crippen LogP contribution in [0, 0.1) is 0 Å².